The molecule has 8 heteroatoms. The van der Waals surface area contributed by atoms with Crippen molar-refractivity contribution in [2.45, 2.75) is 26.4 Å². The number of nitrogens with zero attached hydrogens (tertiary/aromatic N) is 3. The highest BCUT2D eigenvalue weighted by Crippen LogP contribution is 2.33. The van der Waals surface area contributed by atoms with Gasteiger partial charge in [0.25, 0.3) is 5.91 Å². The van der Waals surface area contributed by atoms with Crippen molar-refractivity contribution in [3.63, 3.8) is 0 Å². The van der Waals surface area contributed by atoms with Gasteiger partial charge in [-0.2, -0.15) is 0 Å². The minimum atomic E-state index is -0.125. The third-order valence-electron chi connectivity index (χ3n) is 5.01. The van der Waals surface area contributed by atoms with Gasteiger partial charge in [0.1, 0.15) is 9.88 Å². The molecule has 30 heavy (non-hydrogen) atoms. The molecule has 4 aromatic rings. The first-order valence-corrected chi connectivity index (χ1v) is 12.2. The summed E-state index contributed by atoms with van der Waals surface area (Å²) in [7, 11) is 0. The quantitative estimate of drug-likeness (QED) is 0.438. The molecule has 0 unspecified atom stereocenters. The van der Waals surface area contributed by atoms with Gasteiger partial charge in [0.15, 0.2) is 5.13 Å². The highest BCUT2D eigenvalue weighted by Gasteiger charge is 2.23. The summed E-state index contributed by atoms with van der Waals surface area (Å²) < 4.78 is 0. The number of thiophene rings is 1. The van der Waals surface area contributed by atoms with Crippen molar-refractivity contribution in [1.29, 1.82) is 0 Å². The maximum atomic E-state index is 12.9. The summed E-state index contributed by atoms with van der Waals surface area (Å²) in [5.41, 5.74) is 3.19. The number of benzene rings is 1. The second-order valence-electron chi connectivity index (χ2n) is 7.20. The Morgan fingerprint density at radius 2 is 2.00 bits per heavy atom. The standard InChI is InChI=1S/C22H20N4OS3/c1-14-19(30-21(23-14)17-8-5-11-28-17)20(27)25-22-24-16-9-10-26(13-18(16)29-22)12-15-6-3-2-4-7-15/h2-8,11H,9-10,12-13H2,1H3,(H,24,25,27). The number of nitrogens with one attached hydrogen (secondary N) is 1. The SMILES string of the molecule is Cc1nc(-c2cccs2)sc1C(=O)Nc1nc2c(s1)CN(Cc1ccccc1)CC2. The van der Waals surface area contributed by atoms with Crippen molar-refractivity contribution >= 4 is 45.0 Å². The molecule has 0 spiro atoms. The van der Waals surface area contributed by atoms with Gasteiger partial charge in [0.05, 0.1) is 16.3 Å². The molecule has 0 saturated heterocycles. The zero-order valence-corrected chi connectivity index (χ0v) is 18.9. The Morgan fingerprint density at radius 1 is 1.13 bits per heavy atom. The molecule has 0 bridgehead atoms. The Hall–Kier alpha value is -2.39. The lowest BCUT2D eigenvalue weighted by molar-refractivity contribution is 0.103. The molecule has 4 heterocycles. The van der Waals surface area contributed by atoms with Crippen molar-refractivity contribution < 1.29 is 4.79 Å². The van der Waals surface area contributed by atoms with Crippen LogP contribution in [-0.2, 0) is 19.5 Å². The van der Waals surface area contributed by atoms with E-state index in [4.69, 9.17) is 4.98 Å². The number of hydrogen-bond donors (Lipinski definition) is 1. The van der Waals surface area contributed by atoms with Gasteiger partial charge in [-0.05, 0) is 23.9 Å². The summed E-state index contributed by atoms with van der Waals surface area (Å²) in [6.45, 7) is 4.68. The molecule has 1 aliphatic rings. The number of aromatic nitrogens is 2. The molecule has 0 atom stereocenters. The van der Waals surface area contributed by atoms with Crippen molar-refractivity contribution in [2.24, 2.45) is 0 Å². The fourth-order valence-electron chi connectivity index (χ4n) is 3.55. The number of amides is 1. The van der Waals surface area contributed by atoms with E-state index in [2.05, 4.69) is 39.5 Å². The summed E-state index contributed by atoms with van der Waals surface area (Å²) >= 11 is 4.66. The molecule has 0 saturated carbocycles. The molecule has 0 radical (unpaired) electrons. The number of carbonyl (C=O) groups is 1. The first-order valence-electron chi connectivity index (χ1n) is 9.73. The first-order chi connectivity index (χ1) is 14.7. The van der Waals surface area contributed by atoms with Crippen LogP contribution in [0.3, 0.4) is 0 Å². The van der Waals surface area contributed by atoms with E-state index >= 15 is 0 Å². The predicted octanol–water partition coefficient (Wildman–Crippen LogP) is 5.45. The van der Waals surface area contributed by atoms with Crippen molar-refractivity contribution in [1.82, 2.24) is 14.9 Å². The lowest BCUT2D eigenvalue weighted by Gasteiger charge is -2.25. The van der Waals surface area contributed by atoms with E-state index in [9.17, 15) is 4.79 Å². The van der Waals surface area contributed by atoms with Crippen LogP contribution in [0.15, 0.2) is 47.8 Å². The topological polar surface area (TPSA) is 58.1 Å². The summed E-state index contributed by atoms with van der Waals surface area (Å²) in [5, 5.41) is 6.59. The molecular formula is C22H20N4OS3. The third kappa shape index (κ3) is 4.09. The van der Waals surface area contributed by atoms with Crippen LogP contribution in [0, 0.1) is 6.92 Å². The third-order valence-corrected chi connectivity index (χ3v) is 8.21. The molecule has 5 nitrogen and oxygen atoms in total. The van der Waals surface area contributed by atoms with Crippen molar-refractivity contribution in [3.8, 4) is 9.88 Å². The molecule has 0 fully saturated rings. The first kappa shape index (κ1) is 19.6. The smallest absolute Gasteiger partial charge is 0.269 e. The molecule has 1 amide bonds. The number of thiazole rings is 2. The number of fused-ring (bicyclic) bond motifs is 1. The second kappa shape index (κ2) is 8.39. The molecule has 1 N–H and O–H groups in total. The second-order valence-corrected chi connectivity index (χ2v) is 10.2. The fraction of sp³-hybridized carbons (Fsp3) is 0.227. The Balaban J connectivity index is 1.28. The summed E-state index contributed by atoms with van der Waals surface area (Å²) in [4.78, 5) is 27.5. The zero-order valence-electron chi connectivity index (χ0n) is 16.4. The largest absolute Gasteiger partial charge is 0.297 e. The van der Waals surface area contributed by atoms with Crippen LogP contribution < -0.4 is 5.32 Å². The summed E-state index contributed by atoms with van der Waals surface area (Å²) in [6.07, 6.45) is 0.913. The lowest BCUT2D eigenvalue weighted by atomic mass is 10.1. The van der Waals surface area contributed by atoms with Gasteiger partial charge < -0.3 is 0 Å². The van der Waals surface area contributed by atoms with E-state index in [1.807, 2.05) is 30.5 Å². The Morgan fingerprint density at radius 3 is 2.80 bits per heavy atom. The maximum absolute atomic E-state index is 12.9. The van der Waals surface area contributed by atoms with Gasteiger partial charge >= 0.3 is 0 Å². The van der Waals surface area contributed by atoms with E-state index in [-0.39, 0.29) is 5.91 Å². The van der Waals surface area contributed by atoms with Gasteiger partial charge in [-0.3, -0.25) is 15.0 Å². The number of anilines is 1. The molecule has 1 aromatic carbocycles. The monoisotopic (exact) mass is 452 g/mol. The Bertz CT molecular complexity index is 1160. The van der Waals surface area contributed by atoms with Crippen LogP contribution in [0.25, 0.3) is 9.88 Å². The fourth-order valence-corrected chi connectivity index (χ4v) is 6.35. The Kier molecular flexibility index (Phi) is 5.47. The average molecular weight is 453 g/mol. The molecule has 5 rings (SSSR count). The van der Waals surface area contributed by atoms with Gasteiger partial charge in [-0.25, -0.2) is 9.97 Å². The normalized spacial score (nSPS) is 13.9. The molecule has 3 aromatic heterocycles. The van der Waals surface area contributed by atoms with E-state index in [0.717, 1.165) is 47.3 Å². The minimum Gasteiger partial charge on any atom is -0.297 e. The van der Waals surface area contributed by atoms with Gasteiger partial charge in [0.2, 0.25) is 0 Å². The number of rotatable bonds is 5. The highest BCUT2D eigenvalue weighted by molar-refractivity contribution is 7.22. The average Bonchev–Trinajstić information content (AvgIpc) is 3.47. The van der Waals surface area contributed by atoms with Crippen LogP contribution in [0.5, 0.6) is 0 Å². The zero-order chi connectivity index (χ0) is 20.5. The lowest BCUT2D eigenvalue weighted by Crippen LogP contribution is -2.29. The number of aryl methyl sites for hydroxylation is 1. The van der Waals surface area contributed by atoms with Crippen LogP contribution in [-0.4, -0.2) is 27.3 Å². The summed E-state index contributed by atoms with van der Waals surface area (Å²) in [5.74, 6) is -0.125. The van der Waals surface area contributed by atoms with Gasteiger partial charge in [-0.1, -0.05) is 36.4 Å². The summed E-state index contributed by atoms with van der Waals surface area (Å²) in [6, 6.07) is 14.6. The molecular weight excluding hydrogens is 432 g/mol. The minimum absolute atomic E-state index is 0.125. The van der Waals surface area contributed by atoms with E-state index < -0.39 is 0 Å². The van der Waals surface area contributed by atoms with Crippen LogP contribution in [0.2, 0.25) is 0 Å². The highest BCUT2D eigenvalue weighted by atomic mass is 32.1. The van der Waals surface area contributed by atoms with Crippen LogP contribution in [0.1, 0.15) is 31.5 Å². The van der Waals surface area contributed by atoms with Gasteiger partial charge in [-0.15, -0.1) is 34.0 Å². The number of hydrogen-bond acceptors (Lipinski definition) is 7. The van der Waals surface area contributed by atoms with Crippen molar-refractivity contribution in [3.05, 3.63) is 74.6 Å². The molecule has 1 aliphatic heterocycles. The van der Waals surface area contributed by atoms with E-state index in [1.54, 1.807) is 22.7 Å². The molecule has 152 valence electrons. The predicted molar refractivity (Wildman–Crippen MR) is 124 cm³/mol. The van der Waals surface area contributed by atoms with E-state index in [0.29, 0.717) is 10.0 Å². The molecule has 0 aliphatic carbocycles. The van der Waals surface area contributed by atoms with Crippen LogP contribution >= 0.6 is 34.0 Å². The number of carbonyl (C=O) groups excluding carboxylic acids is 1. The van der Waals surface area contributed by atoms with Crippen LogP contribution in [0.4, 0.5) is 5.13 Å². The maximum Gasteiger partial charge on any atom is 0.269 e. The van der Waals surface area contributed by atoms with Gasteiger partial charge in [0, 0.05) is 30.9 Å². The van der Waals surface area contributed by atoms with E-state index in [1.165, 1.54) is 21.8 Å². The Labute approximate surface area is 187 Å². The van der Waals surface area contributed by atoms with Crippen molar-refractivity contribution in [2.75, 3.05) is 11.9 Å².